The minimum absolute atomic E-state index is 0.742. The van der Waals surface area contributed by atoms with Gasteiger partial charge in [-0.1, -0.05) is 25.3 Å². The van der Waals surface area contributed by atoms with Crippen molar-refractivity contribution in [2.24, 2.45) is 0 Å². The molecule has 0 bridgehead atoms. The highest BCUT2D eigenvalue weighted by Gasteiger charge is 2.16. The molecule has 78 valence electrons. The second kappa shape index (κ2) is 5.82. The van der Waals surface area contributed by atoms with E-state index in [4.69, 9.17) is 5.26 Å². The number of nitrogens with zero attached hydrogens (tertiary/aromatic N) is 2. The van der Waals surface area contributed by atoms with E-state index in [1.54, 1.807) is 0 Å². The molecule has 0 radical (unpaired) electrons. The molecule has 0 amide bonds. The van der Waals surface area contributed by atoms with Crippen molar-refractivity contribution in [1.82, 2.24) is 4.90 Å². The zero-order valence-electron chi connectivity index (χ0n) is 9.29. The Morgan fingerprint density at radius 2 is 2.07 bits per heavy atom. The van der Waals surface area contributed by atoms with Crippen LogP contribution in [0.4, 0.5) is 0 Å². The van der Waals surface area contributed by atoms with Crippen LogP contribution in [0.25, 0.3) is 0 Å². The summed E-state index contributed by atoms with van der Waals surface area (Å²) in [6, 6.07) is 2.90. The molecule has 1 fully saturated rings. The van der Waals surface area contributed by atoms with Gasteiger partial charge in [-0.3, -0.25) is 4.90 Å². The van der Waals surface area contributed by atoms with Gasteiger partial charge in [-0.25, -0.2) is 0 Å². The van der Waals surface area contributed by atoms with E-state index in [1.165, 1.54) is 32.1 Å². The average Bonchev–Trinajstić information content (AvgIpc) is 2.26. The van der Waals surface area contributed by atoms with Crippen molar-refractivity contribution in [1.29, 1.82) is 5.26 Å². The Kier molecular flexibility index (Phi) is 4.69. The van der Waals surface area contributed by atoms with Crippen LogP contribution in [0.1, 0.15) is 39.0 Å². The number of hydrogen-bond acceptors (Lipinski definition) is 2. The van der Waals surface area contributed by atoms with Gasteiger partial charge in [0, 0.05) is 18.2 Å². The molecule has 0 aromatic rings. The fourth-order valence-corrected chi connectivity index (χ4v) is 2.00. The predicted octanol–water partition coefficient (Wildman–Crippen LogP) is 2.72. The van der Waals surface area contributed by atoms with Crippen molar-refractivity contribution in [2.45, 2.75) is 45.1 Å². The van der Waals surface area contributed by atoms with E-state index < -0.39 is 0 Å². The van der Waals surface area contributed by atoms with E-state index in [1.807, 2.05) is 13.0 Å². The molecule has 14 heavy (non-hydrogen) atoms. The number of hydrogen-bond donors (Lipinski definition) is 0. The van der Waals surface area contributed by atoms with Crippen molar-refractivity contribution < 1.29 is 0 Å². The maximum absolute atomic E-state index is 8.62. The lowest BCUT2D eigenvalue weighted by atomic mass is 9.94. The normalized spacial score (nSPS) is 19.7. The summed E-state index contributed by atoms with van der Waals surface area (Å²) in [5.41, 5.74) is 0.827. The molecule has 1 aliphatic rings. The molecule has 0 aromatic heterocycles. The standard InChI is InChI=1S/C12H20N2/c1-11(10-13)8-9-14(2)12-6-4-3-5-7-12/h8,12H,3-7,9H2,1-2H3/b11-8-. The van der Waals surface area contributed by atoms with Crippen molar-refractivity contribution in [3.63, 3.8) is 0 Å². The summed E-state index contributed by atoms with van der Waals surface area (Å²) in [6.07, 6.45) is 8.82. The molecule has 1 saturated carbocycles. The maximum Gasteiger partial charge on any atom is 0.0941 e. The fraction of sp³-hybridized carbons (Fsp3) is 0.750. The van der Waals surface area contributed by atoms with Gasteiger partial charge in [0.15, 0.2) is 0 Å². The van der Waals surface area contributed by atoms with E-state index in [-0.39, 0.29) is 0 Å². The zero-order valence-corrected chi connectivity index (χ0v) is 9.29. The molecule has 2 nitrogen and oxygen atoms in total. The van der Waals surface area contributed by atoms with Gasteiger partial charge in [-0.15, -0.1) is 0 Å². The topological polar surface area (TPSA) is 27.0 Å². The minimum atomic E-state index is 0.742. The molecule has 2 heteroatoms. The van der Waals surface area contributed by atoms with Crippen molar-refractivity contribution in [3.05, 3.63) is 11.6 Å². The predicted molar refractivity (Wildman–Crippen MR) is 58.9 cm³/mol. The average molecular weight is 192 g/mol. The summed E-state index contributed by atoms with van der Waals surface area (Å²) in [4.78, 5) is 2.38. The Bertz CT molecular complexity index is 231. The SMILES string of the molecule is C/C(C#N)=C/CN(C)C1CCCCC1. The first-order chi connectivity index (χ1) is 6.74. The first kappa shape index (κ1) is 11.3. The quantitative estimate of drug-likeness (QED) is 0.643. The highest BCUT2D eigenvalue weighted by Crippen LogP contribution is 2.21. The summed E-state index contributed by atoms with van der Waals surface area (Å²) >= 11 is 0. The zero-order chi connectivity index (χ0) is 10.4. The number of allylic oxidation sites excluding steroid dienone is 1. The van der Waals surface area contributed by atoms with Gasteiger partial charge in [0.05, 0.1) is 6.07 Å². The summed E-state index contributed by atoms with van der Waals surface area (Å²) < 4.78 is 0. The monoisotopic (exact) mass is 192 g/mol. The van der Waals surface area contributed by atoms with Crippen LogP contribution in [0, 0.1) is 11.3 Å². The molecule has 0 unspecified atom stereocenters. The Morgan fingerprint density at radius 3 is 2.64 bits per heavy atom. The van der Waals surface area contributed by atoms with E-state index in [0.29, 0.717) is 0 Å². The van der Waals surface area contributed by atoms with Crippen LogP contribution in [-0.4, -0.2) is 24.5 Å². The molecular formula is C12H20N2. The van der Waals surface area contributed by atoms with Crippen LogP contribution >= 0.6 is 0 Å². The van der Waals surface area contributed by atoms with E-state index >= 15 is 0 Å². The Hall–Kier alpha value is -0.810. The van der Waals surface area contributed by atoms with Crippen LogP contribution in [-0.2, 0) is 0 Å². The third-order valence-electron chi connectivity index (χ3n) is 3.06. The summed E-state index contributed by atoms with van der Waals surface area (Å²) in [7, 11) is 2.16. The van der Waals surface area contributed by atoms with E-state index in [9.17, 15) is 0 Å². The maximum atomic E-state index is 8.62. The Balaban J connectivity index is 2.34. The van der Waals surface area contributed by atoms with Crippen molar-refractivity contribution in [2.75, 3.05) is 13.6 Å². The molecule has 0 saturated heterocycles. The molecule has 0 atom stereocenters. The second-order valence-corrected chi connectivity index (χ2v) is 4.23. The molecule has 0 aromatic carbocycles. The van der Waals surface area contributed by atoms with Crippen LogP contribution in [0.2, 0.25) is 0 Å². The fourth-order valence-electron chi connectivity index (χ4n) is 2.00. The summed E-state index contributed by atoms with van der Waals surface area (Å²) in [5.74, 6) is 0. The third kappa shape index (κ3) is 3.51. The molecule has 1 aliphatic carbocycles. The second-order valence-electron chi connectivity index (χ2n) is 4.23. The van der Waals surface area contributed by atoms with Gasteiger partial charge in [0.2, 0.25) is 0 Å². The van der Waals surface area contributed by atoms with Crippen molar-refractivity contribution >= 4 is 0 Å². The lowest BCUT2D eigenvalue weighted by molar-refractivity contribution is 0.209. The van der Waals surface area contributed by atoms with Crippen LogP contribution in [0.5, 0.6) is 0 Å². The van der Waals surface area contributed by atoms with Crippen LogP contribution in [0.15, 0.2) is 11.6 Å². The molecule has 0 heterocycles. The van der Waals surface area contributed by atoms with E-state index in [2.05, 4.69) is 18.0 Å². The van der Waals surface area contributed by atoms with E-state index in [0.717, 1.165) is 18.2 Å². The smallest absolute Gasteiger partial charge is 0.0941 e. The first-order valence-corrected chi connectivity index (χ1v) is 5.51. The molecule has 0 N–H and O–H groups in total. The number of likely N-dealkylation sites (N-methyl/N-ethyl adjacent to an activating group) is 1. The molecule has 0 aliphatic heterocycles. The highest BCUT2D eigenvalue weighted by molar-refractivity contribution is 5.17. The van der Waals surface area contributed by atoms with Gasteiger partial charge in [0.25, 0.3) is 0 Å². The Morgan fingerprint density at radius 1 is 1.43 bits per heavy atom. The third-order valence-corrected chi connectivity index (χ3v) is 3.06. The van der Waals surface area contributed by atoms with Gasteiger partial charge in [-0.2, -0.15) is 5.26 Å². The largest absolute Gasteiger partial charge is 0.300 e. The minimum Gasteiger partial charge on any atom is -0.300 e. The summed E-state index contributed by atoms with van der Waals surface area (Å²) in [6.45, 7) is 2.79. The highest BCUT2D eigenvalue weighted by atomic mass is 15.1. The van der Waals surface area contributed by atoms with Gasteiger partial charge in [0.1, 0.15) is 0 Å². The van der Waals surface area contributed by atoms with Gasteiger partial charge in [-0.05, 0) is 26.8 Å². The molecule has 0 spiro atoms. The first-order valence-electron chi connectivity index (χ1n) is 5.51. The number of nitriles is 1. The summed E-state index contributed by atoms with van der Waals surface area (Å²) in [5, 5.41) is 8.62. The Labute approximate surface area is 87.2 Å². The number of rotatable bonds is 3. The van der Waals surface area contributed by atoms with Gasteiger partial charge < -0.3 is 0 Å². The van der Waals surface area contributed by atoms with Crippen LogP contribution < -0.4 is 0 Å². The van der Waals surface area contributed by atoms with Crippen molar-refractivity contribution in [3.8, 4) is 6.07 Å². The van der Waals surface area contributed by atoms with Gasteiger partial charge >= 0.3 is 0 Å². The molecule has 1 rings (SSSR count). The lowest BCUT2D eigenvalue weighted by Gasteiger charge is -2.30. The molecular weight excluding hydrogens is 172 g/mol. The lowest BCUT2D eigenvalue weighted by Crippen LogP contribution is -2.33. The van der Waals surface area contributed by atoms with Crippen LogP contribution in [0.3, 0.4) is 0 Å².